The van der Waals surface area contributed by atoms with Gasteiger partial charge in [0.25, 0.3) is 0 Å². The molecule has 1 aromatic rings. The second-order valence-corrected chi connectivity index (χ2v) is 5.14. The van der Waals surface area contributed by atoms with Crippen LogP contribution < -0.4 is 5.32 Å². The Morgan fingerprint density at radius 3 is 3.00 bits per heavy atom. The Bertz CT molecular complexity index is 432. The van der Waals surface area contributed by atoms with Crippen LogP contribution in [0.1, 0.15) is 35.7 Å². The van der Waals surface area contributed by atoms with Crippen molar-refractivity contribution in [2.45, 2.75) is 32.4 Å². The SMILES string of the molecule is CCCC1CN(Cc2ccccc2C(=O)O)CCN1. The van der Waals surface area contributed by atoms with E-state index >= 15 is 0 Å². The van der Waals surface area contributed by atoms with E-state index < -0.39 is 5.97 Å². The Morgan fingerprint density at radius 2 is 2.26 bits per heavy atom. The predicted molar refractivity (Wildman–Crippen MR) is 75.4 cm³/mol. The zero-order valence-electron chi connectivity index (χ0n) is 11.4. The normalized spacial score (nSPS) is 20.4. The van der Waals surface area contributed by atoms with Crippen LogP contribution in [0.5, 0.6) is 0 Å². The van der Waals surface area contributed by atoms with Crippen LogP contribution in [-0.2, 0) is 6.54 Å². The fourth-order valence-electron chi connectivity index (χ4n) is 2.69. The smallest absolute Gasteiger partial charge is 0.336 e. The minimum atomic E-state index is -0.837. The highest BCUT2D eigenvalue weighted by molar-refractivity contribution is 5.89. The maximum atomic E-state index is 11.2. The van der Waals surface area contributed by atoms with Crippen LogP contribution in [0.4, 0.5) is 0 Å². The van der Waals surface area contributed by atoms with E-state index in [-0.39, 0.29) is 0 Å². The summed E-state index contributed by atoms with van der Waals surface area (Å²) in [4.78, 5) is 13.5. The van der Waals surface area contributed by atoms with Crippen LogP contribution >= 0.6 is 0 Å². The predicted octanol–water partition coefficient (Wildman–Crippen LogP) is 1.96. The van der Waals surface area contributed by atoms with E-state index in [1.165, 1.54) is 12.8 Å². The highest BCUT2D eigenvalue weighted by atomic mass is 16.4. The van der Waals surface area contributed by atoms with Crippen molar-refractivity contribution < 1.29 is 9.90 Å². The summed E-state index contributed by atoms with van der Waals surface area (Å²) in [7, 11) is 0. The molecule has 1 aliphatic heterocycles. The third-order valence-corrected chi connectivity index (χ3v) is 3.62. The van der Waals surface area contributed by atoms with Crippen molar-refractivity contribution in [3.8, 4) is 0 Å². The molecule has 4 nitrogen and oxygen atoms in total. The molecule has 0 aliphatic carbocycles. The van der Waals surface area contributed by atoms with Crippen LogP contribution in [0, 0.1) is 0 Å². The molecule has 0 amide bonds. The number of carboxylic acids is 1. The fraction of sp³-hybridized carbons (Fsp3) is 0.533. The molecular weight excluding hydrogens is 240 g/mol. The molecular formula is C15H22N2O2. The van der Waals surface area contributed by atoms with Gasteiger partial charge in [0.05, 0.1) is 5.56 Å². The Hall–Kier alpha value is -1.39. The van der Waals surface area contributed by atoms with Gasteiger partial charge in [-0.2, -0.15) is 0 Å². The van der Waals surface area contributed by atoms with Gasteiger partial charge in [0.2, 0.25) is 0 Å². The minimum Gasteiger partial charge on any atom is -0.478 e. The molecule has 1 saturated heterocycles. The first-order valence-corrected chi connectivity index (χ1v) is 6.97. The molecule has 1 atom stereocenters. The van der Waals surface area contributed by atoms with E-state index in [1.807, 2.05) is 12.1 Å². The second-order valence-electron chi connectivity index (χ2n) is 5.14. The lowest BCUT2D eigenvalue weighted by molar-refractivity contribution is 0.0694. The summed E-state index contributed by atoms with van der Waals surface area (Å²) in [6.07, 6.45) is 2.36. The number of hydrogen-bond acceptors (Lipinski definition) is 3. The van der Waals surface area contributed by atoms with Gasteiger partial charge in [-0.05, 0) is 18.1 Å². The Labute approximate surface area is 114 Å². The molecule has 104 valence electrons. The third-order valence-electron chi connectivity index (χ3n) is 3.62. The summed E-state index contributed by atoms with van der Waals surface area (Å²) < 4.78 is 0. The molecule has 4 heteroatoms. The zero-order valence-corrected chi connectivity index (χ0v) is 11.4. The fourth-order valence-corrected chi connectivity index (χ4v) is 2.69. The van der Waals surface area contributed by atoms with Gasteiger partial charge in [0, 0.05) is 32.2 Å². The topological polar surface area (TPSA) is 52.6 Å². The minimum absolute atomic E-state index is 0.424. The Balaban J connectivity index is 2.02. The lowest BCUT2D eigenvalue weighted by Crippen LogP contribution is -2.50. The Morgan fingerprint density at radius 1 is 1.47 bits per heavy atom. The van der Waals surface area contributed by atoms with Gasteiger partial charge in [-0.3, -0.25) is 4.90 Å². The molecule has 2 N–H and O–H groups in total. The highest BCUT2D eigenvalue weighted by Crippen LogP contribution is 2.14. The molecule has 1 aromatic carbocycles. The number of carboxylic acid groups (broad SMARTS) is 1. The lowest BCUT2D eigenvalue weighted by atomic mass is 10.1. The summed E-state index contributed by atoms with van der Waals surface area (Å²) in [5, 5.41) is 12.7. The number of hydrogen-bond donors (Lipinski definition) is 2. The third kappa shape index (κ3) is 3.78. The number of rotatable bonds is 5. The standard InChI is InChI=1S/C15H22N2O2/c1-2-5-13-11-17(9-8-16-13)10-12-6-3-4-7-14(12)15(18)19/h3-4,6-7,13,16H,2,5,8-11H2,1H3,(H,18,19). The second kappa shape index (κ2) is 6.68. The number of piperazine rings is 1. The van der Waals surface area contributed by atoms with Gasteiger partial charge in [0.1, 0.15) is 0 Å². The first-order chi connectivity index (χ1) is 9.20. The maximum Gasteiger partial charge on any atom is 0.336 e. The number of nitrogens with zero attached hydrogens (tertiary/aromatic N) is 1. The molecule has 2 rings (SSSR count). The largest absolute Gasteiger partial charge is 0.478 e. The summed E-state index contributed by atoms with van der Waals surface area (Å²) in [6.45, 7) is 5.89. The molecule has 0 spiro atoms. The van der Waals surface area contributed by atoms with Crippen LogP contribution in [0.25, 0.3) is 0 Å². The highest BCUT2D eigenvalue weighted by Gasteiger charge is 2.20. The van der Waals surface area contributed by atoms with Gasteiger partial charge in [-0.15, -0.1) is 0 Å². The van der Waals surface area contributed by atoms with Gasteiger partial charge >= 0.3 is 5.97 Å². The quantitative estimate of drug-likeness (QED) is 0.851. The van der Waals surface area contributed by atoms with Crippen molar-refractivity contribution in [1.29, 1.82) is 0 Å². The monoisotopic (exact) mass is 262 g/mol. The number of nitrogens with one attached hydrogen (secondary N) is 1. The molecule has 1 fully saturated rings. The van der Waals surface area contributed by atoms with Crippen molar-refractivity contribution in [3.63, 3.8) is 0 Å². The van der Waals surface area contributed by atoms with Crippen molar-refractivity contribution in [2.24, 2.45) is 0 Å². The first-order valence-electron chi connectivity index (χ1n) is 6.97. The molecule has 1 unspecified atom stereocenters. The van der Waals surface area contributed by atoms with Crippen molar-refractivity contribution in [1.82, 2.24) is 10.2 Å². The van der Waals surface area contributed by atoms with Gasteiger partial charge in [-0.25, -0.2) is 4.79 Å². The average Bonchev–Trinajstić information content (AvgIpc) is 2.40. The zero-order chi connectivity index (χ0) is 13.7. The van der Waals surface area contributed by atoms with Crippen LogP contribution in [-0.4, -0.2) is 41.7 Å². The van der Waals surface area contributed by atoms with Crippen LogP contribution in [0.15, 0.2) is 24.3 Å². The van der Waals surface area contributed by atoms with Crippen LogP contribution in [0.2, 0.25) is 0 Å². The molecule has 19 heavy (non-hydrogen) atoms. The van der Waals surface area contributed by atoms with E-state index in [1.54, 1.807) is 12.1 Å². The van der Waals surface area contributed by atoms with Crippen molar-refractivity contribution >= 4 is 5.97 Å². The van der Waals surface area contributed by atoms with Crippen molar-refractivity contribution in [3.05, 3.63) is 35.4 Å². The molecule has 0 saturated carbocycles. The maximum absolute atomic E-state index is 11.2. The van der Waals surface area contributed by atoms with E-state index in [0.717, 1.165) is 31.7 Å². The van der Waals surface area contributed by atoms with Crippen molar-refractivity contribution in [2.75, 3.05) is 19.6 Å². The van der Waals surface area contributed by atoms with E-state index in [9.17, 15) is 9.90 Å². The first kappa shape index (κ1) is 14.0. The van der Waals surface area contributed by atoms with E-state index in [4.69, 9.17) is 0 Å². The van der Waals surface area contributed by atoms with Gasteiger partial charge in [-0.1, -0.05) is 31.5 Å². The van der Waals surface area contributed by atoms with E-state index in [2.05, 4.69) is 17.1 Å². The van der Waals surface area contributed by atoms with Gasteiger partial charge in [0.15, 0.2) is 0 Å². The number of benzene rings is 1. The summed E-state index contributed by atoms with van der Waals surface area (Å²) >= 11 is 0. The summed E-state index contributed by atoms with van der Waals surface area (Å²) in [6, 6.07) is 7.83. The van der Waals surface area contributed by atoms with Gasteiger partial charge < -0.3 is 10.4 Å². The average molecular weight is 262 g/mol. The lowest BCUT2D eigenvalue weighted by Gasteiger charge is -2.33. The van der Waals surface area contributed by atoms with Crippen LogP contribution in [0.3, 0.4) is 0 Å². The molecule has 0 radical (unpaired) electrons. The summed E-state index contributed by atoms with van der Waals surface area (Å²) in [5.41, 5.74) is 1.33. The Kier molecular flexibility index (Phi) is 4.93. The molecule has 1 aliphatic rings. The number of carbonyl (C=O) groups is 1. The van der Waals surface area contributed by atoms with E-state index in [0.29, 0.717) is 11.6 Å². The molecule has 0 bridgehead atoms. The number of aromatic carboxylic acids is 1. The molecule has 1 heterocycles. The molecule has 0 aromatic heterocycles. The summed E-state index contributed by atoms with van der Waals surface area (Å²) in [5.74, 6) is -0.837.